The average Bonchev–Trinajstić information content (AvgIpc) is 2.77. The van der Waals surface area contributed by atoms with Crippen molar-refractivity contribution in [2.45, 2.75) is 26.4 Å². The Morgan fingerprint density at radius 1 is 0.944 bits per heavy atom. The molecule has 0 radical (unpaired) electrons. The first kappa shape index (κ1) is 13.1. The topological polar surface area (TPSA) is 12.0 Å². The van der Waals surface area contributed by atoms with Crippen molar-refractivity contribution in [1.82, 2.24) is 5.32 Å². The molecule has 0 fully saturated rings. The van der Waals surface area contributed by atoms with Gasteiger partial charge in [0.25, 0.3) is 0 Å². The highest BCUT2D eigenvalue weighted by Gasteiger charge is 2.23. The lowest BCUT2D eigenvalue weighted by Gasteiger charge is -2.16. The largest absolute Gasteiger partial charge is 0.302 e. The second kappa shape index (κ2) is 5.13. The van der Waals surface area contributed by atoms with Gasteiger partial charge in [-0.2, -0.15) is 0 Å². The van der Waals surface area contributed by atoms with Crippen LogP contribution in [0.15, 0.2) is 42.5 Å². The number of rotatable bonds is 1. The molecule has 1 N–H and O–H groups in total. The van der Waals surface area contributed by atoms with E-state index in [0.29, 0.717) is 6.04 Å². The normalized spacial score (nSPS) is 17.1. The highest BCUT2D eigenvalue weighted by molar-refractivity contribution is 5.85. The predicted octanol–water partition coefficient (Wildman–Crippen LogP) is 3.92. The van der Waals surface area contributed by atoms with Crippen molar-refractivity contribution in [3.63, 3.8) is 0 Å². The van der Waals surface area contributed by atoms with Gasteiger partial charge in [-0.25, -0.2) is 0 Å². The molecule has 1 aliphatic heterocycles. The monoisotopic (exact) mass is 259 g/mol. The highest BCUT2D eigenvalue weighted by Crippen LogP contribution is 2.32. The van der Waals surface area contributed by atoms with Crippen LogP contribution in [-0.2, 0) is 6.54 Å². The molecule has 0 spiro atoms. The summed E-state index contributed by atoms with van der Waals surface area (Å²) >= 11 is 0. The van der Waals surface area contributed by atoms with E-state index in [1.54, 1.807) is 0 Å². The van der Waals surface area contributed by atoms with Gasteiger partial charge in [-0.3, -0.25) is 0 Å². The molecule has 94 valence electrons. The van der Waals surface area contributed by atoms with Crippen molar-refractivity contribution in [1.29, 1.82) is 0 Å². The molecule has 2 aromatic rings. The molecular formula is C16H18ClN. The standard InChI is InChI=1S/C16H17N.ClH/c1-11-6-5-9-14(12(11)2)16-15-8-4-3-7-13(15)10-17-16;/h3-9,16-17H,10H2,1-2H3;1H. The van der Waals surface area contributed by atoms with Gasteiger partial charge in [0.15, 0.2) is 0 Å². The summed E-state index contributed by atoms with van der Waals surface area (Å²) in [7, 11) is 0. The fourth-order valence-corrected chi connectivity index (χ4v) is 2.66. The van der Waals surface area contributed by atoms with E-state index in [9.17, 15) is 0 Å². The van der Waals surface area contributed by atoms with Crippen molar-refractivity contribution < 1.29 is 0 Å². The summed E-state index contributed by atoms with van der Waals surface area (Å²) in [6, 6.07) is 15.6. The quantitative estimate of drug-likeness (QED) is 0.819. The Balaban J connectivity index is 0.00000120. The second-order valence-electron chi connectivity index (χ2n) is 4.80. The van der Waals surface area contributed by atoms with Crippen LogP contribution in [-0.4, -0.2) is 0 Å². The van der Waals surface area contributed by atoms with Crippen LogP contribution in [0.5, 0.6) is 0 Å². The van der Waals surface area contributed by atoms with E-state index in [1.807, 2.05) is 0 Å². The van der Waals surface area contributed by atoms with Gasteiger partial charge in [-0.05, 0) is 41.7 Å². The van der Waals surface area contributed by atoms with Crippen LogP contribution in [0, 0.1) is 13.8 Å². The molecule has 1 unspecified atom stereocenters. The third kappa shape index (κ3) is 2.05. The van der Waals surface area contributed by atoms with Crippen molar-refractivity contribution in [3.05, 3.63) is 70.3 Å². The average molecular weight is 260 g/mol. The number of aryl methyl sites for hydroxylation is 1. The van der Waals surface area contributed by atoms with Crippen molar-refractivity contribution in [2.24, 2.45) is 0 Å². The van der Waals surface area contributed by atoms with Crippen LogP contribution in [0.3, 0.4) is 0 Å². The zero-order chi connectivity index (χ0) is 11.8. The lowest BCUT2D eigenvalue weighted by Crippen LogP contribution is -2.14. The maximum absolute atomic E-state index is 3.61. The molecule has 0 bridgehead atoms. The number of nitrogens with one attached hydrogen (secondary N) is 1. The summed E-state index contributed by atoms with van der Waals surface area (Å²) in [5.41, 5.74) is 7.05. The minimum Gasteiger partial charge on any atom is -0.302 e. The van der Waals surface area contributed by atoms with E-state index < -0.39 is 0 Å². The molecule has 0 amide bonds. The molecule has 1 aliphatic rings. The van der Waals surface area contributed by atoms with Gasteiger partial charge < -0.3 is 5.32 Å². The first-order valence-electron chi connectivity index (χ1n) is 6.14. The van der Waals surface area contributed by atoms with Crippen molar-refractivity contribution >= 4 is 12.4 Å². The zero-order valence-corrected chi connectivity index (χ0v) is 11.6. The van der Waals surface area contributed by atoms with Crippen molar-refractivity contribution in [2.75, 3.05) is 0 Å². The second-order valence-corrected chi connectivity index (χ2v) is 4.80. The molecule has 0 saturated heterocycles. The molecule has 2 heteroatoms. The lowest BCUT2D eigenvalue weighted by molar-refractivity contribution is 0.663. The maximum Gasteiger partial charge on any atom is 0.0585 e. The van der Waals surface area contributed by atoms with Gasteiger partial charge in [0.05, 0.1) is 6.04 Å². The van der Waals surface area contributed by atoms with Crippen LogP contribution in [0.1, 0.15) is 33.9 Å². The fraction of sp³-hybridized carbons (Fsp3) is 0.250. The van der Waals surface area contributed by atoms with E-state index in [4.69, 9.17) is 0 Å². The molecule has 3 rings (SSSR count). The minimum absolute atomic E-state index is 0. The number of hydrogen-bond donors (Lipinski definition) is 1. The summed E-state index contributed by atoms with van der Waals surface area (Å²) in [6.07, 6.45) is 0. The molecule has 1 atom stereocenters. The van der Waals surface area contributed by atoms with Crippen LogP contribution >= 0.6 is 12.4 Å². The van der Waals surface area contributed by atoms with Gasteiger partial charge in [-0.15, -0.1) is 12.4 Å². The van der Waals surface area contributed by atoms with Gasteiger partial charge in [0.2, 0.25) is 0 Å². The number of benzene rings is 2. The number of hydrogen-bond acceptors (Lipinski definition) is 1. The van der Waals surface area contributed by atoms with Crippen LogP contribution in [0.4, 0.5) is 0 Å². The van der Waals surface area contributed by atoms with Crippen molar-refractivity contribution in [3.8, 4) is 0 Å². The molecule has 18 heavy (non-hydrogen) atoms. The van der Waals surface area contributed by atoms with E-state index >= 15 is 0 Å². The Morgan fingerprint density at radius 3 is 2.50 bits per heavy atom. The Kier molecular flexibility index (Phi) is 3.74. The first-order chi connectivity index (χ1) is 8.27. The molecule has 0 saturated carbocycles. The SMILES string of the molecule is Cc1cccc(C2NCc3ccccc32)c1C.Cl. The van der Waals surface area contributed by atoms with E-state index in [2.05, 4.69) is 61.6 Å². The number of fused-ring (bicyclic) bond motifs is 1. The van der Waals surface area contributed by atoms with Gasteiger partial charge in [0, 0.05) is 6.54 Å². The predicted molar refractivity (Wildman–Crippen MR) is 78.3 cm³/mol. The van der Waals surface area contributed by atoms with E-state index in [1.165, 1.54) is 27.8 Å². The third-order valence-corrected chi connectivity index (χ3v) is 3.82. The smallest absolute Gasteiger partial charge is 0.0585 e. The van der Waals surface area contributed by atoms with E-state index in [-0.39, 0.29) is 12.4 Å². The van der Waals surface area contributed by atoms with Gasteiger partial charge in [0.1, 0.15) is 0 Å². The molecule has 1 heterocycles. The molecule has 0 aliphatic carbocycles. The Bertz CT molecular complexity index is 563. The summed E-state index contributed by atoms with van der Waals surface area (Å²) in [4.78, 5) is 0. The Morgan fingerprint density at radius 2 is 1.67 bits per heavy atom. The Hall–Kier alpha value is -1.31. The summed E-state index contributed by atoms with van der Waals surface area (Å²) in [6.45, 7) is 5.38. The first-order valence-corrected chi connectivity index (χ1v) is 6.14. The van der Waals surface area contributed by atoms with Gasteiger partial charge >= 0.3 is 0 Å². The van der Waals surface area contributed by atoms with Crippen LogP contribution in [0.25, 0.3) is 0 Å². The maximum atomic E-state index is 3.61. The Labute approximate surface area is 115 Å². The summed E-state index contributed by atoms with van der Waals surface area (Å²) < 4.78 is 0. The fourth-order valence-electron chi connectivity index (χ4n) is 2.66. The highest BCUT2D eigenvalue weighted by atomic mass is 35.5. The molecular weight excluding hydrogens is 242 g/mol. The molecule has 0 aromatic heterocycles. The summed E-state index contributed by atoms with van der Waals surface area (Å²) in [5, 5.41) is 3.61. The summed E-state index contributed by atoms with van der Waals surface area (Å²) in [5.74, 6) is 0. The van der Waals surface area contributed by atoms with Gasteiger partial charge in [-0.1, -0.05) is 42.5 Å². The number of halogens is 1. The molecule has 1 nitrogen and oxygen atoms in total. The van der Waals surface area contributed by atoms with Crippen LogP contribution in [0.2, 0.25) is 0 Å². The minimum atomic E-state index is 0. The molecule has 2 aromatic carbocycles. The third-order valence-electron chi connectivity index (χ3n) is 3.82. The zero-order valence-electron chi connectivity index (χ0n) is 10.7. The lowest BCUT2D eigenvalue weighted by atomic mass is 9.93. The van der Waals surface area contributed by atoms with Crippen LogP contribution < -0.4 is 5.32 Å². The van der Waals surface area contributed by atoms with E-state index in [0.717, 1.165) is 6.54 Å².